The number of hydrogen-bond donors (Lipinski definition) is 0. The van der Waals surface area contributed by atoms with Crippen LogP contribution in [-0.2, 0) is 0 Å². The molecule has 3 heteroatoms. The van der Waals surface area contributed by atoms with E-state index in [4.69, 9.17) is 4.74 Å². The monoisotopic (exact) mass is 247 g/mol. The van der Waals surface area contributed by atoms with Crippen molar-refractivity contribution in [3.05, 3.63) is 29.3 Å². The Morgan fingerprint density at radius 1 is 1.28 bits per heavy atom. The Hall–Kier alpha value is -1.51. The van der Waals surface area contributed by atoms with Gasteiger partial charge in [0.25, 0.3) is 5.91 Å². The lowest BCUT2D eigenvalue weighted by molar-refractivity contribution is 0.0792. The first-order valence-electron chi connectivity index (χ1n) is 6.64. The highest BCUT2D eigenvalue weighted by Crippen LogP contribution is 2.22. The van der Waals surface area contributed by atoms with Crippen LogP contribution in [0, 0.1) is 6.92 Å². The fourth-order valence-corrected chi connectivity index (χ4v) is 2.27. The second-order valence-corrected chi connectivity index (χ2v) is 5.15. The van der Waals surface area contributed by atoms with Crippen molar-refractivity contribution in [3.63, 3.8) is 0 Å². The van der Waals surface area contributed by atoms with Gasteiger partial charge in [0.05, 0.1) is 6.10 Å². The zero-order valence-electron chi connectivity index (χ0n) is 11.4. The molecule has 3 nitrogen and oxygen atoms in total. The first kappa shape index (κ1) is 12.9. The number of amides is 1. The number of carbonyl (C=O) groups excluding carboxylic acids is 1. The summed E-state index contributed by atoms with van der Waals surface area (Å²) in [7, 11) is 0. The van der Waals surface area contributed by atoms with Crippen LogP contribution in [0.15, 0.2) is 18.2 Å². The highest BCUT2D eigenvalue weighted by Gasteiger charge is 2.19. The standard InChI is InChI=1S/C15H21NO2/c1-11(2)18-14-7-6-13(10-12(14)3)15(17)16-8-4-5-9-16/h6-7,10-11H,4-5,8-9H2,1-3H3. The lowest BCUT2D eigenvalue weighted by Gasteiger charge is -2.17. The van der Waals surface area contributed by atoms with Crippen LogP contribution in [0.25, 0.3) is 0 Å². The molecule has 1 aliphatic heterocycles. The average Bonchev–Trinajstić information content (AvgIpc) is 2.84. The third-order valence-electron chi connectivity index (χ3n) is 3.18. The van der Waals surface area contributed by atoms with Crippen LogP contribution in [-0.4, -0.2) is 30.0 Å². The van der Waals surface area contributed by atoms with E-state index in [1.54, 1.807) is 0 Å². The normalized spacial score (nSPS) is 15.2. The molecule has 1 fully saturated rings. The second kappa shape index (κ2) is 5.42. The van der Waals surface area contributed by atoms with Crippen molar-refractivity contribution in [1.82, 2.24) is 4.90 Å². The minimum atomic E-state index is 0.145. The molecule has 0 atom stereocenters. The third-order valence-corrected chi connectivity index (χ3v) is 3.18. The van der Waals surface area contributed by atoms with Crippen molar-refractivity contribution in [2.45, 2.75) is 39.7 Å². The number of hydrogen-bond acceptors (Lipinski definition) is 2. The molecule has 0 saturated carbocycles. The SMILES string of the molecule is Cc1cc(C(=O)N2CCCC2)ccc1OC(C)C. The van der Waals surface area contributed by atoms with Gasteiger partial charge >= 0.3 is 0 Å². The largest absolute Gasteiger partial charge is 0.491 e. The maximum Gasteiger partial charge on any atom is 0.253 e. The first-order chi connectivity index (χ1) is 8.58. The van der Waals surface area contributed by atoms with Crippen molar-refractivity contribution in [1.29, 1.82) is 0 Å². The predicted molar refractivity (Wildman–Crippen MR) is 72.1 cm³/mol. The number of carbonyl (C=O) groups is 1. The second-order valence-electron chi connectivity index (χ2n) is 5.15. The molecule has 98 valence electrons. The third kappa shape index (κ3) is 2.84. The van der Waals surface area contributed by atoms with Crippen LogP contribution >= 0.6 is 0 Å². The smallest absolute Gasteiger partial charge is 0.253 e. The molecule has 1 saturated heterocycles. The van der Waals surface area contributed by atoms with Gasteiger partial charge < -0.3 is 9.64 Å². The van der Waals surface area contributed by atoms with E-state index in [1.165, 1.54) is 0 Å². The molecule has 0 aliphatic carbocycles. The van der Waals surface area contributed by atoms with Gasteiger partial charge in [-0.25, -0.2) is 0 Å². The summed E-state index contributed by atoms with van der Waals surface area (Å²) in [4.78, 5) is 14.1. The molecular weight excluding hydrogens is 226 g/mol. The zero-order chi connectivity index (χ0) is 13.1. The van der Waals surface area contributed by atoms with E-state index in [9.17, 15) is 4.79 Å². The van der Waals surface area contributed by atoms with Crippen molar-refractivity contribution in [2.24, 2.45) is 0 Å². The summed E-state index contributed by atoms with van der Waals surface area (Å²) in [6.45, 7) is 7.77. The molecule has 1 aromatic carbocycles. The Kier molecular flexibility index (Phi) is 3.90. The minimum Gasteiger partial charge on any atom is -0.491 e. The summed E-state index contributed by atoms with van der Waals surface area (Å²) >= 11 is 0. The number of rotatable bonds is 3. The van der Waals surface area contributed by atoms with Gasteiger partial charge in [-0.2, -0.15) is 0 Å². The Balaban J connectivity index is 2.15. The maximum absolute atomic E-state index is 12.2. The van der Waals surface area contributed by atoms with Gasteiger partial charge in [0.1, 0.15) is 5.75 Å². The van der Waals surface area contributed by atoms with Crippen LogP contribution in [0.5, 0.6) is 5.75 Å². The molecule has 18 heavy (non-hydrogen) atoms. The van der Waals surface area contributed by atoms with Gasteiger partial charge in [-0.1, -0.05) is 0 Å². The van der Waals surface area contributed by atoms with Crippen LogP contribution in [0.2, 0.25) is 0 Å². The van der Waals surface area contributed by atoms with Gasteiger partial charge in [0.15, 0.2) is 0 Å². The summed E-state index contributed by atoms with van der Waals surface area (Å²) in [6.07, 6.45) is 2.40. The van der Waals surface area contributed by atoms with Crippen molar-refractivity contribution in [2.75, 3.05) is 13.1 Å². The number of nitrogens with zero attached hydrogens (tertiary/aromatic N) is 1. The van der Waals surface area contributed by atoms with Crippen molar-refractivity contribution < 1.29 is 9.53 Å². The number of aryl methyl sites for hydroxylation is 1. The molecule has 0 bridgehead atoms. The minimum absolute atomic E-state index is 0.145. The topological polar surface area (TPSA) is 29.5 Å². The fourth-order valence-electron chi connectivity index (χ4n) is 2.27. The van der Waals surface area contributed by atoms with E-state index in [-0.39, 0.29) is 12.0 Å². The van der Waals surface area contributed by atoms with E-state index in [0.717, 1.165) is 42.8 Å². The lowest BCUT2D eigenvalue weighted by atomic mass is 10.1. The lowest BCUT2D eigenvalue weighted by Crippen LogP contribution is -2.27. The van der Waals surface area contributed by atoms with Crippen LogP contribution in [0.1, 0.15) is 42.6 Å². The quantitative estimate of drug-likeness (QED) is 0.821. The molecule has 1 heterocycles. The van der Waals surface area contributed by atoms with Gasteiger partial charge in [0, 0.05) is 18.7 Å². The first-order valence-corrected chi connectivity index (χ1v) is 6.64. The number of benzene rings is 1. The van der Waals surface area contributed by atoms with Crippen molar-refractivity contribution in [3.8, 4) is 5.75 Å². The molecule has 1 amide bonds. The van der Waals surface area contributed by atoms with Crippen LogP contribution < -0.4 is 4.74 Å². The Morgan fingerprint density at radius 3 is 2.50 bits per heavy atom. The van der Waals surface area contributed by atoms with Gasteiger partial charge in [-0.3, -0.25) is 4.79 Å². The Bertz CT molecular complexity index is 434. The number of likely N-dealkylation sites (tertiary alicyclic amines) is 1. The van der Waals surface area contributed by atoms with E-state index in [0.29, 0.717) is 0 Å². The summed E-state index contributed by atoms with van der Waals surface area (Å²) in [5.74, 6) is 1.01. The fraction of sp³-hybridized carbons (Fsp3) is 0.533. The van der Waals surface area contributed by atoms with Gasteiger partial charge in [0.2, 0.25) is 0 Å². The molecule has 1 aliphatic rings. The van der Waals surface area contributed by atoms with Crippen molar-refractivity contribution >= 4 is 5.91 Å². The highest BCUT2D eigenvalue weighted by molar-refractivity contribution is 5.94. The van der Waals surface area contributed by atoms with E-state index < -0.39 is 0 Å². The van der Waals surface area contributed by atoms with Crippen LogP contribution in [0.3, 0.4) is 0 Å². The summed E-state index contributed by atoms with van der Waals surface area (Å²) < 4.78 is 5.68. The molecule has 1 aromatic rings. The highest BCUT2D eigenvalue weighted by atomic mass is 16.5. The predicted octanol–water partition coefficient (Wildman–Crippen LogP) is 3.02. The Labute approximate surface area is 109 Å². The van der Waals surface area contributed by atoms with E-state index in [2.05, 4.69) is 0 Å². The van der Waals surface area contributed by atoms with E-state index in [1.807, 2.05) is 43.9 Å². The average molecular weight is 247 g/mol. The molecule has 0 N–H and O–H groups in total. The van der Waals surface area contributed by atoms with Crippen LogP contribution in [0.4, 0.5) is 0 Å². The molecule has 0 spiro atoms. The number of ether oxygens (including phenoxy) is 1. The maximum atomic E-state index is 12.2. The molecular formula is C15H21NO2. The van der Waals surface area contributed by atoms with Gasteiger partial charge in [-0.05, 0) is 57.4 Å². The molecule has 0 unspecified atom stereocenters. The van der Waals surface area contributed by atoms with Gasteiger partial charge in [-0.15, -0.1) is 0 Å². The summed E-state index contributed by atoms with van der Waals surface area (Å²) in [5, 5.41) is 0. The molecule has 0 aromatic heterocycles. The summed E-state index contributed by atoms with van der Waals surface area (Å²) in [5.41, 5.74) is 1.79. The van der Waals surface area contributed by atoms with E-state index >= 15 is 0 Å². The molecule has 0 radical (unpaired) electrons. The zero-order valence-corrected chi connectivity index (χ0v) is 11.4. The Morgan fingerprint density at radius 2 is 1.94 bits per heavy atom. The summed E-state index contributed by atoms with van der Waals surface area (Å²) in [6, 6.07) is 5.70. The molecule has 2 rings (SSSR count).